The van der Waals surface area contributed by atoms with E-state index in [0.29, 0.717) is 17.8 Å². The maximum atomic E-state index is 14.6. The van der Waals surface area contributed by atoms with Gasteiger partial charge in [-0.15, -0.1) is 0 Å². The monoisotopic (exact) mass is 418 g/mol. The van der Waals surface area contributed by atoms with E-state index in [1.807, 2.05) is 6.08 Å². The highest BCUT2D eigenvalue weighted by Crippen LogP contribution is 2.20. The lowest BCUT2D eigenvalue weighted by molar-refractivity contribution is -0.119. The highest BCUT2D eigenvalue weighted by molar-refractivity contribution is 5.74. The molecule has 8 heteroatoms. The number of rotatable bonds is 10. The van der Waals surface area contributed by atoms with Crippen molar-refractivity contribution in [2.75, 3.05) is 26.7 Å². The number of carbonyl (C=O) groups excluding carboxylic acids is 2. The first kappa shape index (κ1) is 25.1. The first-order valence-electron chi connectivity index (χ1n) is 9.56. The second kappa shape index (κ2) is 12.6. The van der Waals surface area contributed by atoms with Crippen LogP contribution in [-0.2, 0) is 9.53 Å². The molecular formula is C22H31FN4O3. The van der Waals surface area contributed by atoms with Crippen LogP contribution in [0.25, 0.3) is 0 Å². The number of cyclic esters (lactones) is 1. The van der Waals surface area contributed by atoms with Crippen LogP contribution in [0.5, 0.6) is 0 Å². The molecular weight excluding hydrogens is 387 g/mol. The summed E-state index contributed by atoms with van der Waals surface area (Å²) in [6.07, 6.45) is 10.2. The molecule has 30 heavy (non-hydrogen) atoms. The van der Waals surface area contributed by atoms with Crippen molar-refractivity contribution >= 4 is 12.0 Å². The molecule has 1 heterocycles. The number of halogens is 1. The fraction of sp³-hybridized carbons (Fsp3) is 0.364. The number of ether oxygens (including phenoxy) is 1. The fourth-order valence-electron chi connectivity index (χ4n) is 2.64. The van der Waals surface area contributed by atoms with E-state index in [1.165, 1.54) is 29.0 Å². The lowest BCUT2D eigenvalue weighted by Crippen LogP contribution is -2.33. The topological polar surface area (TPSA) is 87.9 Å². The van der Waals surface area contributed by atoms with Crippen LogP contribution < -0.4 is 11.2 Å². The number of nitrogens with zero attached hydrogens (tertiary/aromatic N) is 2. The molecule has 0 radical (unpaired) electrons. The Morgan fingerprint density at radius 2 is 2.10 bits per heavy atom. The Bertz CT molecular complexity index is 794. The standard InChI is InChI=1S/C22H31FN4O3/c1-6-8-20(27-15-21(30-22(27)29)13-25-17(4)28)12-19(23)11-16(3)9-10-18(7-2)14-26(5)24/h6-12,21H,2,13-15,24H2,1,3-5H3,(H,25,28)/b8-6-,16-9+,18-10+,19-11-,20-12+/t21-/m0/s1. The van der Waals surface area contributed by atoms with Crippen molar-refractivity contribution in [1.82, 2.24) is 15.2 Å². The molecule has 7 nitrogen and oxygen atoms in total. The van der Waals surface area contributed by atoms with Gasteiger partial charge in [-0.05, 0) is 43.2 Å². The molecule has 0 unspecified atom stereocenters. The van der Waals surface area contributed by atoms with Crippen LogP contribution in [0.4, 0.5) is 9.18 Å². The molecule has 0 bridgehead atoms. The van der Waals surface area contributed by atoms with Gasteiger partial charge in [-0.3, -0.25) is 15.5 Å². The van der Waals surface area contributed by atoms with Crippen LogP contribution in [0.15, 0.2) is 71.8 Å². The molecule has 1 fully saturated rings. The van der Waals surface area contributed by atoms with Gasteiger partial charge in [0.1, 0.15) is 11.9 Å². The first-order valence-corrected chi connectivity index (χ1v) is 9.56. The number of allylic oxidation sites excluding steroid dienone is 8. The molecule has 164 valence electrons. The Labute approximate surface area is 177 Å². The SMILES string of the molecule is C=C\C(=C/C=C(C)/C=C(F)/C=C(\C=C/C)N1C[C@H](CNC(C)=O)OC1=O)CN(C)N. The molecule has 0 saturated carbocycles. The van der Waals surface area contributed by atoms with Crippen LogP contribution in [0, 0.1) is 0 Å². The molecule has 1 saturated heterocycles. The lowest BCUT2D eigenvalue weighted by Gasteiger charge is -2.14. The number of likely N-dealkylation sites (N-methyl/N-ethyl adjacent to an activating group) is 1. The van der Waals surface area contributed by atoms with Crippen molar-refractivity contribution in [2.24, 2.45) is 5.84 Å². The molecule has 0 aromatic carbocycles. The molecule has 1 aliphatic heterocycles. The summed E-state index contributed by atoms with van der Waals surface area (Å²) in [5, 5.41) is 4.13. The maximum Gasteiger partial charge on any atom is 0.414 e. The van der Waals surface area contributed by atoms with Crippen molar-refractivity contribution in [3.05, 3.63) is 71.8 Å². The third kappa shape index (κ3) is 9.02. The van der Waals surface area contributed by atoms with Crippen LogP contribution in [0.3, 0.4) is 0 Å². The number of hydrazine groups is 1. The minimum absolute atomic E-state index is 0.205. The van der Waals surface area contributed by atoms with Gasteiger partial charge in [-0.2, -0.15) is 0 Å². The molecule has 1 aliphatic rings. The second-order valence-corrected chi connectivity index (χ2v) is 6.92. The van der Waals surface area contributed by atoms with Crippen LogP contribution in [-0.4, -0.2) is 54.7 Å². The summed E-state index contributed by atoms with van der Waals surface area (Å²) in [4.78, 5) is 24.6. The largest absolute Gasteiger partial charge is 0.442 e. The third-order valence-corrected chi connectivity index (χ3v) is 4.01. The zero-order chi connectivity index (χ0) is 22.7. The van der Waals surface area contributed by atoms with Crippen LogP contribution in [0.1, 0.15) is 20.8 Å². The average molecular weight is 419 g/mol. The van der Waals surface area contributed by atoms with Crippen molar-refractivity contribution in [3.8, 4) is 0 Å². The van der Waals surface area contributed by atoms with E-state index >= 15 is 0 Å². The van der Waals surface area contributed by atoms with E-state index in [0.717, 1.165) is 5.57 Å². The van der Waals surface area contributed by atoms with Gasteiger partial charge in [-0.1, -0.05) is 30.9 Å². The van der Waals surface area contributed by atoms with E-state index in [4.69, 9.17) is 10.6 Å². The zero-order valence-corrected chi connectivity index (χ0v) is 18.0. The molecule has 0 spiro atoms. The second-order valence-electron chi connectivity index (χ2n) is 6.92. The smallest absolute Gasteiger partial charge is 0.414 e. The Morgan fingerprint density at radius 3 is 2.67 bits per heavy atom. The third-order valence-electron chi connectivity index (χ3n) is 4.01. The van der Waals surface area contributed by atoms with Gasteiger partial charge < -0.3 is 10.1 Å². The highest BCUT2D eigenvalue weighted by atomic mass is 19.1. The Kier molecular flexibility index (Phi) is 10.5. The van der Waals surface area contributed by atoms with E-state index in [9.17, 15) is 14.0 Å². The summed E-state index contributed by atoms with van der Waals surface area (Å²) < 4.78 is 19.8. The van der Waals surface area contributed by atoms with Gasteiger partial charge >= 0.3 is 6.09 Å². The van der Waals surface area contributed by atoms with E-state index in [2.05, 4.69) is 11.9 Å². The number of hydrogen-bond donors (Lipinski definition) is 2. The van der Waals surface area contributed by atoms with Gasteiger partial charge in [-0.25, -0.2) is 14.2 Å². The molecule has 1 atom stereocenters. The Balaban J connectivity index is 2.98. The average Bonchev–Trinajstić information content (AvgIpc) is 3.03. The number of amides is 2. The van der Waals surface area contributed by atoms with Crippen molar-refractivity contribution in [3.63, 3.8) is 0 Å². The minimum atomic E-state index is -0.584. The number of hydrogen-bond acceptors (Lipinski definition) is 5. The molecule has 2 amide bonds. The zero-order valence-electron chi connectivity index (χ0n) is 18.0. The Hall–Kier alpha value is -2.97. The first-order chi connectivity index (χ1) is 14.2. The van der Waals surface area contributed by atoms with E-state index in [-0.39, 0.29) is 19.0 Å². The van der Waals surface area contributed by atoms with Crippen molar-refractivity contribution < 1.29 is 18.7 Å². The van der Waals surface area contributed by atoms with Crippen LogP contribution >= 0.6 is 0 Å². The van der Waals surface area contributed by atoms with E-state index in [1.54, 1.807) is 45.2 Å². The quantitative estimate of drug-likeness (QED) is 0.323. The van der Waals surface area contributed by atoms with E-state index < -0.39 is 18.0 Å². The predicted molar refractivity (Wildman–Crippen MR) is 117 cm³/mol. The molecule has 3 N–H and O–H groups in total. The fourth-order valence-corrected chi connectivity index (χ4v) is 2.64. The Morgan fingerprint density at radius 1 is 1.40 bits per heavy atom. The molecule has 0 aliphatic carbocycles. The van der Waals surface area contributed by atoms with Crippen LogP contribution in [0.2, 0.25) is 0 Å². The molecule has 0 aromatic rings. The number of nitrogens with two attached hydrogens (primary N) is 1. The number of carbonyl (C=O) groups is 2. The summed E-state index contributed by atoms with van der Waals surface area (Å²) in [6, 6.07) is 0. The summed E-state index contributed by atoms with van der Waals surface area (Å²) in [7, 11) is 1.74. The molecule has 1 rings (SSSR count). The lowest BCUT2D eigenvalue weighted by atomic mass is 10.1. The summed E-state index contributed by atoms with van der Waals surface area (Å²) in [5.41, 5.74) is 1.93. The predicted octanol–water partition coefficient (Wildman–Crippen LogP) is 3.12. The van der Waals surface area contributed by atoms with Crippen molar-refractivity contribution in [2.45, 2.75) is 26.9 Å². The van der Waals surface area contributed by atoms with Gasteiger partial charge in [0.15, 0.2) is 0 Å². The van der Waals surface area contributed by atoms with Gasteiger partial charge in [0.05, 0.1) is 13.1 Å². The summed E-state index contributed by atoms with van der Waals surface area (Å²) in [5.74, 6) is 4.90. The van der Waals surface area contributed by atoms with Crippen molar-refractivity contribution in [1.29, 1.82) is 0 Å². The molecule has 0 aromatic heterocycles. The maximum absolute atomic E-state index is 14.6. The number of nitrogens with one attached hydrogen (secondary N) is 1. The normalized spacial score (nSPS) is 19.0. The minimum Gasteiger partial charge on any atom is -0.442 e. The highest BCUT2D eigenvalue weighted by Gasteiger charge is 2.32. The summed E-state index contributed by atoms with van der Waals surface area (Å²) >= 11 is 0. The van der Waals surface area contributed by atoms with Gasteiger partial charge in [0, 0.05) is 26.2 Å². The van der Waals surface area contributed by atoms with Gasteiger partial charge in [0.2, 0.25) is 5.91 Å². The van der Waals surface area contributed by atoms with Gasteiger partial charge in [0.25, 0.3) is 0 Å². The summed E-state index contributed by atoms with van der Waals surface area (Å²) in [6.45, 7) is 9.59.